The zero-order valence-corrected chi connectivity index (χ0v) is 10.8. The fourth-order valence-corrected chi connectivity index (χ4v) is 1.65. The summed E-state index contributed by atoms with van der Waals surface area (Å²) in [6, 6.07) is 2.51. The van der Waals surface area contributed by atoms with Crippen LogP contribution < -0.4 is 11.1 Å². The van der Waals surface area contributed by atoms with Crippen molar-refractivity contribution in [1.29, 1.82) is 0 Å². The molecule has 2 aromatic rings. The number of hydrogen-bond donors (Lipinski definition) is 2. The molecule has 0 atom stereocenters. The topological polar surface area (TPSA) is 63.8 Å². The Balaban J connectivity index is 2.48. The van der Waals surface area contributed by atoms with Crippen molar-refractivity contribution in [2.75, 3.05) is 5.32 Å². The van der Waals surface area contributed by atoms with Crippen LogP contribution in [0.15, 0.2) is 24.5 Å². The minimum absolute atomic E-state index is 0.0101. The van der Waals surface area contributed by atoms with Crippen LogP contribution in [0.3, 0.4) is 0 Å². The van der Waals surface area contributed by atoms with Gasteiger partial charge in [0.25, 0.3) is 0 Å². The smallest absolute Gasteiger partial charge is 0.159 e. The normalized spacial score (nSPS) is 10.3. The number of hydrogen-bond acceptors (Lipinski definition) is 4. The van der Waals surface area contributed by atoms with E-state index in [9.17, 15) is 8.78 Å². The van der Waals surface area contributed by atoms with E-state index in [0.29, 0.717) is 5.56 Å². The molecule has 1 aromatic heterocycles. The van der Waals surface area contributed by atoms with Gasteiger partial charge in [-0.1, -0.05) is 18.3 Å². The molecule has 0 spiro atoms. The number of rotatable bonds is 3. The summed E-state index contributed by atoms with van der Waals surface area (Å²) in [5.41, 5.74) is 5.66. The van der Waals surface area contributed by atoms with E-state index in [2.05, 4.69) is 15.3 Å². The van der Waals surface area contributed by atoms with Crippen LogP contribution in [0.4, 0.5) is 20.3 Å². The zero-order chi connectivity index (χ0) is 14.0. The molecule has 2 rings (SSSR count). The van der Waals surface area contributed by atoms with Gasteiger partial charge in [-0.05, 0) is 18.6 Å². The molecule has 0 saturated heterocycles. The number of halogens is 2. The van der Waals surface area contributed by atoms with Gasteiger partial charge in [-0.3, -0.25) is 0 Å². The molecular weight excluding hydrogens is 270 g/mol. The number of aryl methyl sites for hydroxylation is 1. The summed E-state index contributed by atoms with van der Waals surface area (Å²) < 4.78 is 27.5. The van der Waals surface area contributed by atoms with Gasteiger partial charge in [-0.25, -0.2) is 18.7 Å². The summed E-state index contributed by atoms with van der Waals surface area (Å²) in [5.74, 6) is -1.32. The Labute approximate surface area is 113 Å². The lowest BCUT2D eigenvalue weighted by molar-refractivity contribution is 0.584. The predicted octanol–water partition coefficient (Wildman–Crippen LogP) is 2.44. The third-order valence-electron chi connectivity index (χ3n) is 2.46. The molecule has 19 heavy (non-hydrogen) atoms. The van der Waals surface area contributed by atoms with Crippen LogP contribution >= 0.6 is 12.2 Å². The van der Waals surface area contributed by atoms with Crippen LogP contribution in [-0.2, 0) is 0 Å². The van der Waals surface area contributed by atoms with Gasteiger partial charge in [-0.2, -0.15) is 0 Å². The lowest BCUT2D eigenvalue weighted by Crippen LogP contribution is -2.15. The molecule has 0 saturated carbocycles. The quantitative estimate of drug-likeness (QED) is 0.845. The maximum Gasteiger partial charge on any atom is 0.159 e. The Morgan fingerprint density at radius 2 is 1.95 bits per heavy atom. The van der Waals surface area contributed by atoms with E-state index in [1.165, 1.54) is 25.4 Å². The molecule has 0 fully saturated rings. The summed E-state index contributed by atoms with van der Waals surface area (Å²) in [6.07, 6.45) is 2.76. The average Bonchev–Trinajstić information content (AvgIpc) is 2.39. The van der Waals surface area contributed by atoms with E-state index in [-0.39, 0.29) is 22.2 Å². The monoisotopic (exact) mass is 280 g/mol. The number of aromatic nitrogens is 2. The third kappa shape index (κ3) is 2.65. The number of nitrogens with one attached hydrogen (secondary N) is 1. The van der Waals surface area contributed by atoms with Gasteiger partial charge in [0.2, 0.25) is 0 Å². The van der Waals surface area contributed by atoms with E-state index in [4.69, 9.17) is 18.0 Å². The Morgan fingerprint density at radius 3 is 2.63 bits per heavy atom. The minimum Gasteiger partial charge on any atom is -0.388 e. The first kappa shape index (κ1) is 13.3. The average molecular weight is 280 g/mol. The molecule has 1 aromatic carbocycles. The molecule has 1 heterocycles. The number of nitrogens with zero attached hydrogens (tertiary/aromatic N) is 2. The van der Waals surface area contributed by atoms with Crippen molar-refractivity contribution in [3.8, 4) is 0 Å². The first-order valence-corrected chi connectivity index (χ1v) is 5.74. The van der Waals surface area contributed by atoms with E-state index >= 15 is 0 Å². The van der Waals surface area contributed by atoms with Crippen molar-refractivity contribution in [2.45, 2.75) is 6.92 Å². The molecule has 3 N–H and O–H groups in total. The summed E-state index contributed by atoms with van der Waals surface area (Å²) in [5, 5.41) is 2.54. The molecule has 4 nitrogen and oxygen atoms in total. The Hall–Kier alpha value is -2.15. The minimum atomic E-state index is -0.734. The van der Waals surface area contributed by atoms with Crippen LogP contribution in [0.5, 0.6) is 0 Å². The SMILES string of the molecule is Cc1ccc(F)c(Nc2nccnc2C(N)=S)c1F. The van der Waals surface area contributed by atoms with Gasteiger partial charge in [0.05, 0.1) is 0 Å². The van der Waals surface area contributed by atoms with Crippen molar-refractivity contribution in [1.82, 2.24) is 9.97 Å². The number of nitrogens with two attached hydrogens (primary N) is 1. The Kier molecular flexibility index (Phi) is 3.66. The highest BCUT2D eigenvalue weighted by Crippen LogP contribution is 2.25. The fourth-order valence-electron chi connectivity index (χ4n) is 1.50. The van der Waals surface area contributed by atoms with Crippen LogP contribution in [0.1, 0.15) is 11.3 Å². The van der Waals surface area contributed by atoms with Crippen molar-refractivity contribution in [3.63, 3.8) is 0 Å². The van der Waals surface area contributed by atoms with Gasteiger partial charge in [0.1, 0.15) is 22.2 Å². The molecular formula is C12H10F2N4S. The predicted molar refractivity (Wildman–Crippen MR) is 72.3 cm³/mol. The fraction of sp³-hybridized carbons (Fsp3) is 0.0833. The van der Waals surface area contributed by atoms with Gasteiger partial charge in [0.15, 0.2) is 11.6 Å². The molecule has 0 aliphatic heterocycles. The van der Waals surface area contributed by atoms with Crippen LogP contribution in [0.2, 0.25) is 0 Å². The lowest BCUT2D eigenvalue weighted by Gasteiger charge is -2.11. The van der Waals surface area contributed by atoms with E-state index < -0.39 is 11.6 Å². The van der Waals surface area contributed by atoms with E-state index in [1.54, 1.807) is 0 Å². The van der Waals surface area contributed by atoms with Crippen molar-refractivity contribution >= 4 is 28.7 Å². The summed E-state index contributed by atoms with van der Waals surface area (Å²) >= 11 is 4.81. The highest BCUT2D eigenvalue weighted by molar-refractivity contribution is 7.80. The number of benzene rings is 1. The second-order valence-electron chi connectivity index (χ2n) is 3.80. The largest absolute Gasteiger partial charge is 0.388 e. The second kappa shape index (κ2) is 5.23. The first-order valence-electron chi connectivity index (χ1n) is 5.33. The van der Waals surface area contributed by atoms with Gasteiger partial charge in [0, 0.05) is 12.4 Å². The molecule has 0 radical (unpaired) electrons. The Bertz CT molecular complexity index is 646. The standard InChI is InChI=1S/C12H10F2N4S/c1-6-2-3-7(13)9(8(6)14)18-12-10(11(15)19)16-4-5-17-12/h2-5H,1H3,(H2,15,19)(H,17,18). The van der Waals surface area contributed by atoms with Gasteiger partial charge < -0.3 is 11.1 Å². The van der Waals surface area contributed by atoms with Gasteiger partial charge in [-0.15, -0.1) is 0 Å². The molecule has 0 unspecified atom stereocenters. The van der Waals surface area contributed by atoms with E-state index in [0.717, 1.165) is 6.07 Å². The highest BCUT2D eigenvalue weighted by Gasteiger charge is 2.15. The summed E-state index contributed by atoms with van der Waals surface area (Å²) in [6.45, 7) is 1.53. The highest BCUT2D eigenvalue weighted by atomic mass is 32.1. The van der Waals surface area contributed by atoms with Crippen LogP contribution in [-0.4, -0.2) is 15.0 Å². The molecule has 98 valence electrons. The lowest BCUT2D eigenvalue weighted by atomic mass is 10.2. The molecule has 0 bridgehead atoms. The van der Waals surface area contributed by atoms with Crippen LogP contribution in [0, 0.1) is 18.6 Å². The maximum atomic E-state index is 13.9. The number of thiocarbonyl (C=S) groups is 1. The second-order valence-corrected chi connectivity index (χ2v) is 4.24. The summed E-state index contributed by atoms with van der Waals surface area (Å²) in [4.78, 5) is 7.84. The Morgan fingerprint density at radius 1 is 1.26 bits per heavy atom. The third-order valence-corrected chi connectivity index (χ3v) is 2.65. The molecule has 0 aliphatic carbocycles. The van der Waals surface area contributed by atoms with Crippen LogP contribution in [0.25, 0.3) is 0 Å². The molecule has 0 amide bonds. The summed E-state index contributed by atoms with van der Waals surface area (Å²) in [7, 11) is 0. The first-order chi connectivity index (χ1) is 9.00. The van der Waals surface area contributed by atoms with Crippen molar-refractivity contribution < 1.29 is 8.78 Å². The van der Waals surface area contributed by atoms with E-state index in [1.807, 2.05) is 0 Å². The number of anilines is 2. The van der Waals surface area contributed by atoms with Crippen molar-refractivity contribution in [2.24, 2.45) is 5.73 Å². The van der Waals surface area contributed by atoms with Crippen molar-refractivity contribution in [3.05, 3.63) is 47.4 Å². The zero-order valence-electron chi connectivity index (χ0n) is 9.95. The molecule has 0 aliphatic rings. The maximum absolute atomic E-state index is 13.9. The van der Waals surface area contributed by atoms with Gasteiger partial charge >= 0.3 is 0 Å². The molecule has 7 heteroatoms.